The van der Waals surface area contributed by atoms with Crippen LogP contribution in [0, 0.1) is 0 Å². The Morgan fingerprint density at radius 2 is 1.62 bits per heavy atom. The van der Waals surface area contributed by atoms with Crippen molar-refractivity contribution in [2.45, 2.75) is 31.3 Å². The van der Waals surface area contributed by atoms with E-state index in [2.05, 4.69) is 47.3 Å². The Balaban J connectivity index is 1.57. The molecule has 1 N–H and O–H groups in total. The third-order valence-corrected chi connectivity index (χ3v) is 5.86. The summed E-state index contributed by atoms with van der Waals surface area (Å²) in [5, 5.41) is 12.5. The number of nitrogens with one attached hydrogen (secondary N) is 1. The van der Waals surface area contributed by atoms with E-state index in [-0.39, 0.29) is 17.1 Å². The number of rotatable bonds is 6. The molecule has 0 fully saturated rings. The standard InChI is InChI=1S/C25H25N5OS/c1-25(2,3)20-11-7-8-12-21(20)27-22(31)17-32-24-29-28-23(18-13-15-26-16-14-18)30(24)19-9-5-4-6-10-19/h4-16H,17H2,1-3H3,(H,27,31). The molecule has 7 heteroatoms. The fourth-order valence-corrected chi connectivity index (χ4v) is 4.18. The SMILES string of the molecule is CC(C)(C)c1ccccc1NC(=O)CSc1nnc(-c2ccncc2)n1-c1ccccc1. The van der Waals surface area contributed by atoms with Crippen LogP contribution in [0.3, 0.4) is 0 Å². The van der Waals surface area contributed by atoms with Crippen molar-refractivity contribution < 1.29 is 4.79 Å². The van der Waals surface area contributed by atoms with Crippen molar-refractivity contribution in [3.8, 4) is 17.1 Å². The predicted molar refractivity (Wildman–Crippen MR) is 129 cm³/mol. The number of aromatic nitrogens is 4. The lowest BCUT2D eigenvalue weighted by atomic mass is 9.86. The van der Waals surface area contributed by atoms with Crippen LogP contribution in [0.1, 0.15) is 26.3 Å². The Labute approximate surface area is 192 Å². The van der Waals surface area contributed by atoms with E-state index in [9.17, 15) is 4.79 Å². The highest BCUT2D eigenvalue weighted by molar-refractivity contribution is 7.99. The first-order chi connectivity index (χ1) is 15.4. The zero-order chi connectivity index (χ0) is 22.6. The van der Waals surface area contributed by atoms with Gasteiger partial charge in [-0.25, -0.2) is 0 Å². The molecule has 0 radical (unpaired) electrons. The van der Waals surface area contributed by atoms with E-state index in [0.717, 1.165) is 22.5 Å². The number of amides is 1. The van der Waals surface area contributed by atoms with Crippen LogP contribution in [0.4, 0.5) is 5.69 Å². The van der Waals surface area contributed by atoms with Gasteiger partial charge in [0.2, 0.25) is 5.91 Å². The van der Waals surface area contributed by atoms with Crippen molar-refractivity contribution >= 4 is 23.4 Å². The minimum atomic E-state index is -0.0835. The first kappa shape index (κ1) is 21.8. The average molecular weight is 444 g/mol. The number of carbonyl (C=O) groups excluding carboxylic acids is 1. The molecule has 0 aliphatic rings. The molecule has 0 spiro atoms. The van der Waals surface area contributed by atoms with Gasteiger partial charge in [0.15, 0.2) is 11.0 Å². The minimum absolute atomic E-state index is 0.0655. The number of thioether (sulfide) groups is 1. The van der Waals surface area contributed by atoms with Gasteiger partial charge in [-0.15, -0.1) is 10.2 Å². The maximum atomic E-state index is 12.8. The van der Waals surface area contributed by atoms with E-state index >= 15 is 0 Å². The molecular weight excluding hydrogens is 418 g/mol. The molecule has 0 saturated heterocycles. The zero-order valence-corrected chi connectivity index (χ0v) is 19.1. The van der Waals surface area contributed by atoms with Crippen molar-refractivity contribution in [2.24, 2.45) is 0 Å². The van der Waals surface area contributed by atoms with Crippen LogP contribution < -0.4 is 5.32 Å². The van der Waals surface area contributed by atoms with Gasteiger partial charge in [0.05, 0.1) is 5.75 Å². The normalized spacial score (nSPS) is 11.3. The molecule has 0 bridgehead atoms. The summed E-state index contributed by atoms with van der Waals surface area (Å²) >= 11 is 1.36. The van der Waals surface area contributed by atoms with Crippen LogP contribution in [-0.2, 0) is 10.2 Å². The molecule has 32 heavy (non-hydrogen) atoms. The molecule has 0 unspecified atom stereocenters. The largest absolute Gasteiger partial charge is 0.325 e. The van der Waals surface area contributed by atoms with Gasteiger partial charge >= 0.3 is 0 Å². The van der Waals surface area contributed by atoms with Gasteiger partial charge in [0.25, 0.3) is 0 Å². The fraction of sp³-hybridized carbons (Fsp3) is 0.200. The maximum absolute atomic E-state index is 12.8. The smallest absolute Gasteiger partial charge is 0.234 e. The molecule has 6 nitrogen and oxygen atoms in total. The molecule has 0 aliphatic heterocycles. The third kappa shape index (κ3) is 4.89. The van der Waals surface area contributed by atoms with Gasteiger partial charge in [-0.3, -0.25) is 14.3 Å². The molecule has 4 rings (SSSR count). The van der Waals surface area contributed by atoms with Crippen molar-refractivity contribution in [1.29, 1.82) is 0 Å². The van der Waals surface area contributed by atoms with Crippen LogP contribution in [0.15, 0.2) is 84.3 Å². The Bertz CT molecular complexity index is 1200. The van der Waals surface area contributed by atoms with E-state index in [1.165, 1.54) is 11.8 Å². The van der Waals surface area contributed by atoms with Gasteiger partial charge in [-0.05, 0) is 41.3 Å². The Morgan fingerprint density at radius 3 is 2.34 bits per heavy atom. The number of para-hydroxylation sites is 2. The zero-order valence-electron chi connectivity index (χ0n) is 18.3. The number of nitrogens with zero attached hydrogens (tertiary/aromatic N) is 4. The molecular formula is C25H25N5OS. The Kier molecular flexibility index (Phi) is 6.37. The summed E-state index contributed by atoms with van der Waals surface area (Å²) in [5.41, 5.74) is 3.72. The number of pyridine rings is 1. The first-order valence-corrected chi connectivity index (χ1v) is 11.4. The van der Waals surface area contributed by atoms with Crippen LogP contribution >= 0.6 is 11.8 Å². The second-order valence-electron chi connectivity index (χ2n) is 8.35. The highest BCUT2D eigenvalue weighted by atomic mass is 32.2. The van der Waals surface area contributed by atoms with Crippen molar-refractivity contribution in [1.82, 2.24) is 19.7 Å². The van der Waals surface area contributed by atoms with Gasteiger partial charge in [-0.1, -0.05) is 68.9 Å². The van der Waals surface area contributed by atoms with Crippen LogP contribution in [0.2, 0.25) is 0 Å². The minimum Gasteiger partial charge on any atom is -0.325 e. The molecule has 162 valence electrons. The predicted octanol–water partition coefficient (Wildman–Crippen LogP) is 5.36. The number of hydrogen-bond donors (Lipinski definition) is 1. The van der Waals surface area contributed by atoms with Crippen molar-refractivity contribution in [2.75, 3.05) is 11.1 Å². The van der Waals surface area contributed by atoms with E-state index in [1.807, 2.05) is 65.2 Å². The van der Waals surface area contributed by atoms with Crippen LogP contribution in [-0.4, -0.2) is 31.4 Å². The molecule has 2 heterocycles. The highest BCUT2D eigenvalue weighted by Crippen LogP contribution is 2.30. The lowest BCUT2D eigenvalue weighted by Crippen LogP contribution is -2.20. The number of benzene rings is 2. The summed E-state index contributed by atoms with van der Waals surface area (Å²) in [4.78, 5) is 16.9. The summed E-state index contributed by atoms with van der Waals surface area (Å²) in [6.45, 7) is 6.40. The molecule has 4 aromatic rings. The molecule has 0 aliphatic carbocycles. The Hall–Kier alpha value is -3.45. The monoisotopic (exact) mass is 443 g/mol. The molecule has 1 amide bonds. The lowest BCUT2D eigenvalue weighted by molar-refractivity contribution is -0.113. The van der Waals surface area contributed by atoms with Crippen LogP contribution in [0.25, 0.3) is 17.1 Å². The quantitative estimate of drug-likeness (QED) is 0.406. The number of carbonyl (C=O) groups is 1. The van der Waals surface area contributed by atoms with Gasteiger partial charge < -0.3 is 5.32 Å². The fourth-order valence-electron chi connectivity index (χ4n) is 3.42. The topological polar surface area (TPSA) is 72.7 Å². The average Bonchev–Trinajstić information content (AvgIpc) is 3.22. The second kappa shape index (κ2) is 9.36. The summed E-state index contributed by atoms with van der Waals surface area (Å²) in [6, 6.07) is 21.6. The molecule has 2 aromatic carbocycles. The van der Waals surface area contributed by atoms with Gasteiger partial charge in [0, 0.05) is 29.3 Å². The third-order valence-electron chi connectivity index (χ3n) is 4.93. The van der Waals surface area contributed by atoms with E-state index in [1.54, 1.807) is 12.4 Å². The molecule has 0 atom stereocenters. The molecule has 2 aromatic heterocycles. The summed E-state index contributed by atoms with van der Waals surface area (Å²) in [6.07, 6.45) is 3.46. The maximum Gasteiger partial charge on any atom is 0.234 e. The first-order valence-electron chi connectivity index (χ1n) is 10.4. The van der Waals surface area contributed by atoms with E-state index in [4.69, 9.17) is 0 Å². The van der Waals surface area contributed by atoms with E-state index in [0.29, 0.717) is 11.0 Å². The molecule has 0 saturated carbocycles. The van der Waals surface area contributed by atoms with Crippen molar-refractivity contribution in [3.05, 3.63) is 84.7 Å². The van der Waals surface area contributed by atoms with Crippen molar-refractivity contribution in [3.63, 3.8) is 0 Å². The van der Waals surface area contributed by atoms with E-state index < -0.39 is 0 Å². The highest BCUT2D eigenvalue weighted by Gasteiger charge is 2.20. The lowest BCUT2D eigenvalue weighted by Gasteiger charge is -2.23. The summed E-state index contributed by atoms with van der Waals surface area (Å²) in [7, 11) is 0. The number of anilines is 1. The summed E-state index contributed by atoms with van der Waals surface area (Å²) in [5.74, 6) is 0.846. The van der Waals surface area contributed by atoms with Gasteiger partial charge in [-0.2, -0.15) is 0 Å². The van der Waals surface area contributed by atoms with Gasteiger partial charge in [0.1, 0.15) is 0 Å². The summed E-state index contributed by atoms with van der Waals surface area (Å²) < 4.78 is 1.97. The van der Waals surface area contributed by atoms with Crippen LogP contribution in [0.5, 0.6) is 0 Å². The second-order valence-corrected chi connectivity index (χ2v) is 9.29. The number of hydrogen-bond acceptors (Lipinski definition) is 5. The Morgan fingerprint density at radius 1 is 0.938 bits per heavy atom.